The summed E-state index contributed by atoms with van der Waals surface area (Å²) < 4.78 is 1.02. The van der Waals surface area contributed by atoms with Gasteiger partial charge in [-0.25, -0.2) is 0 Å². The van der Waals surface area contributed by atoms with E-state index < -0.39 is 0 Å². The maximum atomic E-state index is 11.2. The molecule has 1 saturated carbocycles. The van der Waals surface area contributed by atoms with Crippen molar-refractivity contribution >= 4 is 33.3 Å². The third-order valence-corrected chi connectivity index (χ3v) is 3.57. The maximum Gasteiger partial charge on any atom is 0.133 e. The van der Waals surface area contributed by atoms with Crippen LogP contribution in [0.5, 0.6) is 0 Å². The first kappa shape index (κ1) is 10.2. The number of carbonyl (C=O) groups excluding carboxylic acids is 1. The van der Waals surface area contributed by atoms with Crippen molar-refractivity contribution in [3.05, 3.63) is 33.3 Å². The Balaban J connectivity index is 2.28. The molecule has 74 valence electrons. The molecular weight excluding hydrogens is 263 g/mol. The van der Waals surface area contributed by atoms with Gasteiger partial charge < -0.3 is 0 Å². The topological polar surface area (TPSA) is 17.1 Å². The zero-order chi connectivity index (χ0) is 10.1. The minimum atomic E-state index is 0.372. The van der Waals surface area contributed by atoms with E-state index in [4.69, 9.17) is 11.6 Å². The predicted molar refractivity (Wildman–Crippen MR) is 60.8 cm³/mol. The molecular formula is C11H10BrClO. The quantitative estimate of drug-likeness (QED) is 0.757. The van der Waals surface area contributed by atoms with E-state index in [0.717, 1.165) is 22.3 Å². The van der Waals surface area contributed by atoms with Crippen LogP contribution in [0.15, 0.2) is 22.7 Å². The zero-order valence-electron chi connectivity index (χ0n) is 7.59. The summed E-state index contributed by atoms with van der Waals surface area (Å²) in [7, 11) is 0. The Morgan fingerprint density at radius 2 is 2.21 bits per heavy atom. The van der Waals surface area contributed by atoms with Crippen LogP contribution in [0, 0.1) is 0 Å². The highest BCUT2D eigenvalue weighted by Crippen LogP contribution is 2.36. The normalized spacial score (nSPS) is 21.6. The third-order valence-electron chi connectivity index (χ3n) is 2.65. The predicted octanol–water partition coefficient (Wildman–Crippen LogP) is 3.94. The highest BCUT2D eigenvalue weighted by molar-refractivity contribution is 9.10. The van der Waals surface area contributed by atoms with Gasteiger partial charge in [0.15, 0.2) is 0 Å². The van der Waals surface area contributed by atoms with Crippen molar-refractivity contribution in [3.63, 3.8) is 0 Å². The van der Waals surface area contributed by atoms with Gasteiger partial charge in [-0.2, -0.15) is 0 Å². The van der Waals surface area contributed by atoms with Crippen LogP contribution in [0.3, 0.4) is 0 Å². The highest BCUT2D eigenvalue weighted by Gasteiger charge is 2.24. The summed E-state index contributed by atoms with van der Waals surface area (Å²) in [5.41, 5.74) is 1.21. The van der Waals surface area contributed by atoms with Crippen LogP contribution < -0.4 is 0 Å². The number of benzene rings is 1. The molecule has 0 aromatic heterocycles. The molecule has 0 spiro atoms. The van der Waals surface area contributed by atoms with E-state index in [1.807, 2.05) is 18.2 Å². The molecule has 1 aromatic carbocycles. The van der Waals surface area contributed by atoms with Crippen molar-refractivity contribution in [2.45, 2.75) is 25.2 Å². The van der Waals surface area contributed by atoms with Crippen molar-refractivity contribution in [2.24, 2.45) is 0 Å². The Labute approximate surface area is 96.6 Å². The van der Waals surface area contributed by atoms with E-state index in [1.165, 1.54) is 5.56 Å². The summed E-state index contributed by atoms with van der Waals surface area (Å²) in [5.74, 6) is 0.756. The van der Waals surface area contributed by atoms with Crippen molar-refractivity contribution in [1.82, 2.24) is 0 Å². The fourth-order valence-corrected chi connectivity index (χ4v) is 2.92. The maximum absolute atomic E-state index is 11.2. The first-order valence-corrected chi connectivity index (χ1v) is 5.80. The number of hydrogen-bond acceptors (Lipinski definition) is 1. The second-order valence-electron chi connectivity index (χ2n) is 3.64. The van der Waals surface area contributed by atoms with Crippen LogP contribution in [0.2, 0.25) is 5.02 Å². The van der Waals surface area contributed by atoms with Crippen molar-refractivity contribution in [1.29, 1.82) is 0 Å². The van der Waals surface area contributed by atoms with Crippen LogP contribution in [-0.4, -0.2) is 5.78 Å². The lowest BCUT2D eigenvalue weighted by Gasteiger charge is -2.10. The minimum Gasteiger partial charge on any atom is -0.300 e. The number of hydrogen-bond donors (Lipinski definition) is 0. The van der Waals surface area contributed by atoms with Gasteiger partial charge in [0.05, 0.1) is 0 Å². The van der Waals surface area contributed by atoms with E-state index in [0.29, 0.717) is 18.1 Å². The molecule has 0 bridgehead atoms. The second kappa shape index (κ2) is 4.03. The molecule has 0 N–H and O–H groups in total. The lowest BCUT2D eigenvalue weighted by molar-refractivity contribution is -0.117. The Morgan fingerprint density at radius 1 is 1.43 bits per heavy atom. The van der Waals surface area contributed by atoms with Crippen LogP contribution >= 0.6 is 27.5 Å². The van der Waals surface area contributed by atoms with Crippen LogP contribution in [0.4, 0.5) is 0 Å². The van der Waals surface area contributed by atoms with Gasteiger partial charge in [-0.05, 0) is 30.0 Å². The molecule has 1 nitrogen and oxygen atoms in total. The smallest absolute Gasteiger partial charge is 0.133 e. The van der Waals surface area contributed by atoms with Gasteiger partial charge in [0.1, 0.15) is 5.78 Å². The molecule has 3 heteroatoms. The van der Waals surface area contributed by atoms with Gasteiger partial charge in [0, 0.05) is 22.3 Å². The molecule has 1 fully saturated rings. The Bertz CT molecular complexity index is 376. The molecule has 0 amide bonds. The standard InChI is InChI=1S/C11H10BrClO/c12-11-6-8(13)2-4-10(11)7-1-3-9(14)5-7/h2,4,6-7H,1,3,5H2. The Morgan fingerprint density at radius 3 is 2.79 bits per heavy atom. The van der Waals surface area contributed by atoms with Crippen molar-refractivity contribution < 1.29 is 4.79 Å². The molecule has 0 saturated heterocycles. The van der Waals surface area contributed by atoms with Crippen LogP contribution in [0.1, 0.15) is 30.7 Å². The number of ketones is 1. The van der Waals surface area contributed by atoms with E-state index >= 15 is 0 Å². The highest BCUT2D eigenvalue weighted by atomic mass is 79.9. The molecule has 1 aromatic rings. The van der Waals surface area contributed by atoms with Crippen LogP contribution in [0.25, 0.3) is 0 Å². The number of carbonyl (C=O) groups is 1. The first-order chi connectivity index (χ1) is 6.66. The van der Waals surface area contributed by atoms with Gasteiger partial charge in [-0.15, -0.1) is 0 Å². The summed E-state index contributed by atoms with van der Waals surface area (Å²) >= 11 is 9.34. The Hall–Kier alpha value is -0.340. The van der Waals surface area contributed by atoms with Gasteiger partial charge >= 0.3 is 0 Å². The van der Waals surface area contributed by atoms with E-state index in [1.54, 1.807) is 0 Å². The lowest BCUT2D eigenvalue weighted by Crippen LogP contribution is -1.95. The lowest BCUT2D eigenvalue weighted by atomic mass is 9.98. The summed E-state index contributed by atoms with van der Waals surface area (Å²) in [6.45, 7) is 0. The average Bonchev–Trinajstić information content (AvgIpc) is 2.51. The molecule has 0 aliphatic heterocycles. The molecule has 2 rings (SSSR count). The Kier molecular flexibility index (Phi) is 2.93. The van der Waals surface area contributed by atoms with Gasteiger partial charge in [0.25, 0.3) is 0 Å². The molecule has 0 heterocycles. The molecule has 14 heavy (non-hydrogen) atoms. The number of Topliss-reactive ketones (excluding diaryl/α,β-unsaturated/α-hetero) is 1. The monoisotopic (exact) mass is 272 g/mol. The van der Waals surface area contributed by atoms with E-state index in [9.17, 15) is 4.79 Å². The first-order valence-electron chi connectivity index (χ1n) is 4.63. The number of halogens is 2. The largest absolute Gasteiger partial charge is 0.300 e. The van der Waals surface area contributed by atoms with E-state index in [2.05, 4.69) is 15.9 Å². The zero-order valence-corrected chi connectivity index (χ0v) is 9.94. The van der Waals surface area contributed by atoms with Crippen molar-refractivity contribution in [2.75, 3.05) is 0 Å². The summed E-state index contributed by atoms with van der Waals surface area (Å²) in [4.78, 5) is 11.2. The summed E-state index contributed by atoms with van der Waals surface area (Å²) in [6, 6.07) is 5.78. The van der Waals surface area contributed by atoms with Gasteiger partial charge in [-0.1, -0.05) is 33.6 Å². The van der Waals surface area contributed by atoms with Gasteiger partial charge in [0.2, 0.25) is 0 Å². The molecule has 1 aliphatic rings. The molecule has 1 unspecified atom stereocenters. The van der Waals surface area contributed by atoms with Crippen LogP contribution in [-0.2, 0) is 4.79 Å². The minimum absolute atomic E-state index is 0.372. The molecule has 1 atom stereocenters. The van der Waals surface area contributed by atoms with Gasteiger partial charge in [-0.3, -0.25) is 4.79 Å². The van der Waals surface area contributed by atoms with Crippen molar-refractivity contribution in [3.8, 4) is 0 Å². The number of rotatable bonds is 1. The summed E-state index contributed by atoms with van der Waals surface area (Å²) in [5, 5.41) is 0.727. The third kappa shape index (κ3) is 2.01. The summed E-state index contributed by atoms with van der Waals surface area (Å²) in [6.07, 6.45) is 2.37. The SMILES string of the molecule is O=C1CCC(c2ccc(Cl)cc2Br)C1. The fraction of sp³-hybridized carbons (Fsp3) is 0.364. The fourth-order valence-electron chi connectivity index (χ4n) is 1.91. The average molecular weight is 274 g/mol. The molecule has 0 radical (unpaired) electrons. The van der Waals surface area contributed by atoms with E-state index in [-0.39, 0.29) is 0 Å². The molecule has 1 aliphatic carbocycles. The second-order valence-corrected chi connectivity index (χ2v) is 4.94.